The van der Waals surface area contributed by atoms with Gasteiger partial charge in [0.2, 0.25) is 5.91 Å². The minimum Gasteiger partial charge on any atom is -0.490 e. The van der Waals surface area contributed by atoms with Crippen LogP contribution in [0.2, 0.25) is 0 Å². The lowest BCUT2D eigenvalue weighted by molar-refractivity contribution is -0.129. The average molecular weight is 427 g/mol. The van der Waals surface area contributed by atoms with Crippen LogP contribution in [0.3, 0.4) is 0 Å². The Kier molecular flexibility index (Phi) is 3.56. The highest BCUT2D eigenvalue weighted by molar-refractivity contribution is 9.10. The molecule has 1 aliphatic heterocycles. The first kappa shape index (κ1) is 16.7. The summed E-state index contributed by atoms with van der Waals surface area (Å²) in [5.74, 6) is 0.501. The zero-order valence-corrected chi connectivity index (χ0v) is 16.2. The van der Waals surface area contributed by atoms with E-state index >= 15 is 0 Å². The van der Waals surface area contributed by atoms with Crippen LogP contribution < -0.4 is 9.64 Å². The molecule has 3 aromatic rings. The van der Waals surface area contributed by atoms with E-state index in [4.69, 9.17) is 4.74 Å². The first-order valence-corrected chi connectivity index (χ1v) is 9.57. The van der Waals surface area contributed by atoms with Crippen molar-refractivity contribution in [3.8, 4) is 5.75 Å². The molecule has 136 valence electrons. The van der Waals surface area contributed by atoms with Crippen molar-refractivity contribution in [1.82, 2.24) is 4.98 Å². The number of pyridine rings is 1. The minimum atomic E-state index is -0.623. The number of aromatic nitrogens is 1. The second-order valence-electron chi connectivity index (χ2n) is 7.21. The molecule has 1 fully saturated rings. The first-order valence-electron chi connectivity index (χ1n) is 8.78. The summed E-state index contributed by atoms with van der Waals surface area (Å²) < 4.78 is 20.4. The van der Waals surface area contributed by atoms with Gasteiger partial charge in [0.25, 0.3) is 0 Å². The van der Waals surface area contributed by atoms with Gasteiger partial charge in [-0.15, -0.1) is 0 Å². The van der Waals surface area contributed by atoms with Gasteiger partial charge in [0.15, 0.2) is 0 Å². The quantitative estimate of drug-likeness (QED) is 0.601. The Hall–Kier alpha value is -2.47. The molecule has 2 aromatic carbocycles. The fourth-order valence-corrected chi connectivity index (χ4v) is 4.69. The van der Waals surface area contributed by atoms with E-state index in [1.54, 1.807) is 24.2 Å². The predicted octanol–water partition coefficient (Wildman–Crippen LogP) is 4.59. The molecule has 0 atom stereocenters. The number of carbonyl (C=O) groups is 1. The Balaban J connectivity index is 1.57. The summed E-state index contributed by atoms with van der Waals surface area (Å²) >= 11 is 3.26. The highest BCUT2D eigenvalue weighted by Crippen LogP contribution is 2.56. The molecule has 0 radical (unpaired) electrons. The van der Waals surface area contributed by atoms with E-state index < -0.39 is 5.41 Å². The molecule has 6 heteroatoms. The number of rotatable bonds is 2. The largest absolute Gasteiger partial charge is 0.490 e. The molecule has 0 bridgehead atoms. The van der Waals surface area contributed by atoms with E-state index in [2.05, 4.69) is 20.9 Å². The average Bonchev–Trinajstić information content (AvgIpc) is 2.86. The molecule has 1 spiro atoms. The Labute approximate surface area is 164 Å². The molecule has 1 aromatic heterocycles. The SMILES string of the molecule is CN1C(=O)C2(CC(Oc3ccccc3)C2)c2c1cnc1cc(F)c(Br)cc21. The monoisotopic (exact) mass is 426 g/mol. The van der Waals surface area contributed by atoms with Crippen LogP contribution in [0.1, 0.15) is 18.4 Å². The number of para-hydroxylation sites is 1. The van der Waals surface area contributed by atoms with Gasteiger partial charge in [-0.25, -0.2) is 4.39 Å². The molecule has 2 heterocycles. The Bertz CT molecular complexity index is 1080. The van der Waals surface area contributed by atoms with Gasteiger partial charge in [0.1, 0.15) is 17.7 Å². The second-order valence-corrected chi connectivity index (χ2v) is 8.06. The number of benzene rings is 2. The predicted molar refractivity (Wildman–Crippen MR) is 105 cm³/mol. The molecule has 0 N–H and O–H groups in total. The third-order valence-electron chi connectivity index (χ3n) is 5.64. The molecule has 5 rings (SSSR count). The van der Waals surface area contributed by atoms with Gasteiger partial charge < -0.3 is 9.64 Å². The van der Waals surface area contributed by atoms with E-state index in [0.29, 0.717) is 22.8 Å². The van der Waals surface area contributed by atoms with Crippen LogP contribution in [0.4, 0.5) is 10.1 Å². The zero-order chi connectivity index (χ0) is 18.8. The molecular formula is C21H16BrFN2O2. The molecule has 0 saturated heterocycles. The molecule has 1 aliphatic carbocycles. The smallest absolute Gasteiger partial charge is 0.237 e. The summed E-state index contributed by atoms with van der Waals surface area (Å²) in [4.78, 5) is 19.1. The Morgan fingerprint density at radius 3 is 2.74 bits per heavy atom. The number of hydrogen-bond acceptors (Lipinski definition) is 3. The van der Waals surface area contributed by atoms with Gasteiger partial charge in [-0.3, -0.25) is 9.78 Å². The minimum absolute atomic E-state index is 0.0252. The van der Waals surface area contributed by atoms with Gasteiger partial charge in [-0.2, -0.15) is 0 Å². The number of fused-ring (bicyclic) bond motifs is 4. The highest BCUT2D eigenvalue weighted by atomic mass is 79.9. The summed E-state index contributed by atoms with van der Waals surface area (Å²) in [5, 5.41) is 0.816. The van der Waals surface area contributed by atoms with Gasteiger partial charge in [-0.1, -0.05) is 18.2 Å². The second kappa shape index (κ2) is 5.76. The summed E-state index contributed by atoms with van der Waals surface area (Å²) in [5.41, 5.74) is 1.67. The van der Waals surface area contributed by atoms with E-state index in [1.165, 1.54) is 6.07 Å². The maximum absolute atomic E-state index is 14.0. The molecule has 27 heavy (non-hydrogen) atoms. The van der Waals surface area contributed by atoms with E-state index in [-0.39, 0.29) is 17.8 Å². The maximum atomic E-state index is 14.0. The number of nitrogens with zero attached hydrogens (tertiary/aromatic N) is 2. The molecule has 2 aliphatic rings. The van der Waals surface area contributed by atoms with Crippen LogP contribution in [0.15, 0.2) is 53.1 Å². The maximum Gasteiger partial charge on any atom is 0.237 e. The third kappa shape index (κ3) is 2.32. The summed E-state index contributed by atoms with van der Waals surface area (Å²) in [6.45, 7) is 0. The Morgan fingerprint density at radius 2 is 2.00 bits per heavy atom. The molecule has 4 nitrogen and oxygen atoms in total. The van der Waals surface area contributed by atoms with E-state index in [0.717, 1.165) is 22.4 Å². The number of amides is 1. The van der Waals surface area contributed by atoms with Crippen molar-refractivity contribution in [3.05, 3.63) is 64.5 Å². The fraction of sp³-hybridized carbons (Fsp3) is 0.238. The zero-order valence-electron chi connectivity index (χ0n) is 14.6. The van der Waals surface area contributed by atoms with Crippen LogP contribution in [0.25, 0.3) is 10.9 Å². The van der Waals surface area contributed by atoms with E-state index in [1.807, 2.05) is 30.3 Å². The van der Waals surface area contributed by atoms with Gasteiger partial charge >= 0.3 is 0 Å². The van der Waals surface area contributed by atoms with Crippen LogP contribution >= 0.6 is 15.9 Å². The molecule has 0 unspecified atom stereocenters. The van der Waals surface area contributed by atoms with Crippen LogP contribution in [-0.4, -0.2) is 24.0 Å². The lowest BCUT2D eigenvalue weighted by atomic mass is 9.62. The van der Waals surface area contributed by atoms with Crippen molar-refractivity contribution in [2.45, 2.75) is 24.4 Å². The Morgan fingerprint density at radius 1 is 1.26 bits per heavy atom. The fourth-order valence-electron chi connectivity index (χ4n) is 4.34. The van der Waals surface area contributed by atoms with Crippen molar-refractivity contribution < 1.29 is 13.9 Å². The summed E-state index contributed by atoms with van der Waals surface area (Å²) in [7, 11) is 1.77. The van der Waals surface area contributed by atoms with Crippen molar-refractivity contribution in [2.24, 2.45) is 0 Å². The number of ether oxygens (including phenoxy) is 1. The van der Waals surface area contributed by atoms with Crippen LogP contribution in [-0.2, 0) is 10.2 Å². The van der Waals surface area contributed by atoms with E-state index in [9.17, 15) is 9.18 Å². The molecule has 1 saturated carbocycles. The summed E-state index contributed by atoms with van der Waals surface area (Å²) in [6, 6.07) is 12.8. The molecule has 1 amide bonds. The van der Waals surface area contributed by atoms with Crippen molar-refractivity contribution in [2.75, 3.05) is 11.9 Å². The number of carbonyl (C=O) groups excluding carboxylic acids is 1. The highest BCUT2D eigenvalue weighted by Gasteiger charge is 2.59. The molecular weight excluding hydrogens is 411 g/mol. The number of hydrogen-bond donors (Lipinski definition) is 0. The van der Waals surface area contributed by atoms with Gasteiger partial charge in [0.05, 0.1) is 27.3 Å². The lowest BCUT2D eigenvalue weighted by Gasteiger charge is -2.43. The standard InChI is InChI=1S/C21H16BrFN2O2/c1-25-18-11-24-17-8-16(23)15(22)7-14(17)19(18)21(20(25)26)9-13(10-21)27-12-5-3-2-4-6-12/h2-8,11,13H,9-10H2,1H3. The number of anilines is 1. The van der Waals surface area contributed by atoms with Gasteiger partial charge in [-0.05, 0) is 34.1 Å². The lowest BCUT2D eigenvalue weighted by Crippen LogP contribution is -2.53. The van der Waals surface area contributed by atoms with Crippen molar-refractivity contribution in [1.29, 1.82) is 0 Å². The topological polar surface area (TPSA) is 42.4 Å². The van der Waals surface area contributed by atoms with Gasteiger partial charge in [0, 0.05) is 36.9 Å². The van der Waals surface area contributed by atoms with Crippen molar-refractivity contribution in [3.63, 3.8) is 0 Å². The van der Waals surface area contributed by atoms with Crippen LogP contribution in [0, 0.1) is 5.82 Å². The first-order chi connectivity index (χ1) is 13.0. The third-order valence-corrected chi connectivity index (χ3v) is 6.25. The van der Waals surface area contributed by atoms with Crippen molar-refractivity contribution >= 4 is 38.4 Å². The van der Waals surface area contributed by atoms with Crippen LogP contribution in [0.5, 0.6) is 5.75 Å². The number of halogens is 2. The summed E-state index contributed by atoms with van der Waals surface area (Å²) in [6.07, 6.45) is 2.85. The number of likely N-dealkylation sites (N-methyl/N-ethyl adjacent to an activating group) is 1. The normalized spacial score (nSPS) is 23.6.